The van der Waals surface area contributed by atoms with Crippen molar-refractivity contribution in [2.45, 2.75) is 38.5 Å². The Balaban J connectivity index is 1.79. The highest BCUT2D eigenvalue weighted by molar-refractivity contribution is 5.63. The topological polar surface area (TPSA) is 0 Å². The van der Waals surface area contributed by atoms with E-state index in [1.54, 1.807) is 0 Å². The summed E-state index contributed by atoms with van der Waals surface area (Å²) in [6.07, 6.45) is 5.55. The van der Waals surface area contributed by atoms with E-state index < -0.39 is 0 Å². The van der Waals surface area contributed by atoms with Gasteiger partial charge in [0.15, 0.2) is 0 Å². The van der Waals surface area contributed by atoms with E-state index in [4.69, 9.17) is 0 Å². The first kappa shape index (κ1) is 12.5. The maximum absolute atomic E-state index is 2.39. The molecule has 2 atom stereocenters. The van der Waals surface area contributed by atoms with Gasteiger partial charge in [0.25, 0.3) is 0 Å². The normalized spacial score (nSPS) is 23.2. The third kappa shape index (κ3) is 2.89. The Kier molecular flexibility index (Phi) is 3.68. The first-order valence-corrected chi connectivity index (χ1v) is 7.48. The molecule has 0 unspecified atom stereocenters. The van der Waals surface area contributed by atoms with Crippen molar-refractivity contribution < 1.29 is 0 Å². The van der Waals surface area contributed by atoms with Gasteiger partial charge in [0.2, 0.25) is 0 Å². The fourth-order valence-electron chi connectivity index (χ4n) is 3.32. The summed E-state index contributed by atoms with van der Waals surface area (Å²) in [6.45, 7) is 2.39. The quantitative estimate of drug-likeness (QED) is 0.646. The van der Waals surface area contributed by atoms with Gasteiger partial charge in [0.05, 0.1) is 0 Å². The summed E-state index contributed by atoms with van der Waals surface area (Å²) in [5.74, 6) is 1.68. The lowest BCUT2D eigenvalue weighted by atomic mass is 9.78. The van der Waals surface area contributed by atoms with E-state index in [0.717, 1.165) is 11.8 Å². The van der Waals surface area contributed by atoms with Gasteiger partial charge in [0, 0.05) is 0 Å². The van der Waals surface area contributed by atoms with Crippen molar-refractivity contribution in [1.29, 1.82) is 0 Å². The molecule has 1 aliphatic carbocycles. The van der Waals surface area contributed by atoms with Crippen LogP contribution in [0.2, 0.25) is 0 Å². The van der Waals surface area contributed by atoms with Crippen molar-refractivity contribution in [2.75, 3.05) is 0 Å². The maximum atomic E-state index is 2.39. The summed E-state index contributed by atoms with van der Waals surface area (Å²) in [4.78, 5) is 0. The van der Waals surface area contributed by atoms with Gasteiger partial charge in [-0.3, -0.25) is 0 Å². The molecule has 0 spiro atoms. The van der Waals surface area contributed by atoms with Crippen LogP contribution >= 0.6 is 0 Å². The van der Waals surface area contributed by atoms with Gasteiger partial charge in [-0.05, 0) is 41.4 Å². The van der Waals surface area contributed by atoms with E-state index in [0.29, 0.717) is 0 Å². The summed E-state index contributed by atoms with van der Waals surface area (Å²) in [7, 11) is 0. The number of hydrogen-bond donors (Lipinski definition) is 0. The lowest BCUT2D eigenvalue weighted by molar-refractivity contribution is 0.344. The fraction of sp³-hybridized carbons (Fsp3) is 0.368. The second kappa shape index (κ2) is 5.61. The summed E-state index contributed by atoms with van der Waals surface area (Å²) in [5.41, 5.74) is 4.17. The van der Waals surface area contributed by atoms with Crippen molar-refractivity contribution in [3.05, 3.63) is 60.2 Å². The summed E-state index contributed by atoms with van der Waals surface area (Å²) < 4.78 is 0. The maximum Gasteiger partial charge on any atom is -0.0159 e. The summed E-state index contributed by atoms with van der Waals surface area (Å²) in [6, 6.07) is 19.9. The zero-order chi connectivity index (χ0) is 13.1. The average Bonchev–Trinajstić information content (AvgIpc) is 2.48. The van der Waals surface area contributed by atoms with Crippen LogP contribution in [0.5, 0.6) is 0 Å². The van der Waals surface area contributed by atoms with E-state index in [2.05, 4.69) is 61.5 Å². The zero-order valence-corrected chi connectivity index (χ0v) is 11.7. The molecule has 0 amide bonds. The molecular weight excluding hydrogens is 228 g/mol. The minimum absolute atomic E-state index is 0.786. The monoisotopic (exact) mass is 250 g/mol. The minimum atomic E-state index is 0.786. The predicted octanol–water partition coefficient (Wildman–Crippen LogP) is 5.65. The Morgan fingerprint density at radius 1 is 0.789 bits per heavy atom. The highest BCUT2D eigenvalue weighted by Crippen LogP contribution is 2.36. The van der Waals surface area contributed by atoms with Crippen LogP contribution in [0.3, 0.4) is 0 Å². The molecule has 0 aliphatic heterocycles. The van der Waals surface area contributed by atoms with Crippen molar-refractivity contribution in [3.63, 3.8) is 0 Å². The molecule has 0 nitrogen and oxygen atoms in total. The molecule has 0 aromatic heterocycles. The standard InChI is InChI=1S/C19H22/c1-15-6-5-9-19(14-15)18-12-10-17(11-13-18)16-7-3-2-4-8-16/h2-4,7-8,10-13,15,19H,5-6,9,14H2,1H3/t15-,19-/m0/s1. The molecule has 0 radical (unpaired) electrons. The van der Waals surface area contributed by atoms with E-state index >= 15 is 0 Å². The Hall–Kier alpha value is -1.56. The van der Waals surface area contributed by atoms with Gasteiger partial charge in [0.1, 0.15) is 0 Å². The largest absolute Gasteiger partial charge is 0.0625 e. The van der Waals surface area contributed by atoms with E-state index in [1.165, 1.54) is 42.4 Å². The molecule has 0 bridgehead atoms. The van der Waals surface area contributed by atoms with Gasteiger partial charge in [-0.15, -0.1) is 0 Å². The van der Waals surface area contributed by atoms with Crippen LogP contribution in [0.15, 0.2) is 54.6 Å². The highest BCUT2D eigenvalue weighted by atomic mass is 14.2. The van der Waals surface area contributed by atoms with Gasteiger partial charge >= 0.3 is 0 Å². The Bertz CT molecular complexity index is 509. The molecule has 19 heavy (non-hydrogen) atoms. The molecule has 0 N–H and O–H groups in total. The number of hydrogen-bond acceptors (Lipinski definition) is 0. The average molecular weight is 250 g/mol. The van der Waals surface area contributed by atoms with Crippen molar-refractivity contribution >= 4 is 0 Å². The minimum Gasteiger partial charge on any atom is -0.0625 e. The number of rotatable bonds is 2. The molecule has 0 heterocycles. The predicted molar refractivity (Wildman–Crippen MR) is 82.3 cm³/mol. The molecule has 2 aromatic rings. The van der Waals surface area contributed by atoms with Gasteiger partial charge in [-0.25, -0.2) is 0 Å². The third-order valence-electron chi connectivity index (χ3n) is 4.43. The Morgan fingerprint density at radius 2 is 1.47 bits per heavy atom. The van der Waals surface area contributed by atoms with Gasteiger partial charge in [-0.1, -0.05) is 74.4 Å². The second-order valence-corrected chi connectivity index (χ2v) is 5.96. The van der Waals surface area contributed by atoms with Gasteiger partial charge in [-0.2, -0.15) is 0 Å². The molecule has 1 aliphatic rings. The van der Waals surface area contributed by atoms with Gasteiger partial charge < -0.3 is 0 Å². The van der Waals surface area contributed by atoms with Crippen LogP contribution in [0, 0.1) is 5.92 Å². The smallest absolute Gasteiger partial charge is 0.0159 e. The molecule has 1 saturated carbocycles. The molecule has 1 fully saturated rings. The third-order valence-corrected chi connectivity index (χ3v) is 4.43. The molecule has 0 saturated heterocycles. The Morgan fingerprint density at radius 3 is 2.16 bits per heavy atom. The van der Waals surface area contributed by atoms with E-state index in [9.17, 15) is 0 Å². The summed E-state index contributed by atoms with van der Waals surface area (Å²) in [5, 5.41) is 0. The fourth-order valence-corrected chi connectivity index (χ4v) is 3.32. The molecule has 3 rings (SSSR count). The van der Waals surface area contributed by atoms with E-state index in [1.807, 2.05) is 0 Å². The van der Waals surface area contributed by atoms with Crippen molar-refractivity contribution in [3.8, 4) is 11.1 Å². The zero-order valence-electron chi connectivity index (χ0n) is 11.7. The molecular formula is C19H22. The van der Waals surface area contributed by atoms with Crippen LogP contribution in [-0.4, -0.2) is 0 Å². The van der Waals surface area contributed by atoms with E-state index in [-0.39, 0.29) is 0 Å². The van der Waals surface area contributed by atoms with Crippen LogP contribution in [0.4, 0.5) is 0 Å². The van der Waals surface area contributed by atoms with Crippen LogP contribution in [0.1, 0.15) is 44.1 Å². The van der Waals surface area contributed by atoms with Crippen LogP contribution < -0.4 is 0 Å². The second-order valence-electron chi connectivity index (χ2n) is 5.96. The van der Waals surface area contributed by atoms with Crippen molar-refractivity contribution in [1.82, 2.24) is 0 Å². The van der Waals surface area contributed by atoms with Crippen LogP contribution in [0.25, 0.3) is 11.1 Å². The molecule has 2 aromatic carbocycles. The highest BCUT2D eigenvalue weighted by Gasteiger charge is 2.20. The lowest BCUT2D eigenvalue weighted by Crippen LogP contribution is -2.11. The molecule has 98 valence electrons. The molecule has 0 heteroatoms. The first-order chi connectivity index (χ1) is 9.33. The number of benzene rings is 2. The van der Waals surface area contributed by atoms with Crippen molar-refractivity contribution in [2.24, 2.45) is 5.92 Å². The summed E-state index contributed by atoms with van der Waals surface area (Å²) >= 11 is 0. The first-order valence-electron chi connectivity index (χ1n) is 7.48. The Labute approximate surface area is 116 Å². The lowest BCUT2D eigenvalue weighted by Gasteiger charge is -2.27. The SMILES string of the molecule is C[C@H]1CCC[C@H](c2ccc(-c3ccccc3)cc2)C1. The van der Waals surface area contributed by atoms with Crippen LogP contribution in [-0.2, 0) is 0 Å².